The number of nitrogens with zero attached hydrogens (tertiary/aromatic N) is 3. The van der Waals surface area contributed by atoms with Crippen LogP contribution in [0.5, 0.6) is 0 Å². The molecule has 0 aliphatic carbocycles. The standard InChI is InChI=1S/C22H25N5O2S/c1-4-27-19(13-20(28)24-18-8-6-5-7-16(18)3)25-26-22(27)30-14-21(29)23-17-11-9-15(2)10-12-17/h5-12H,4,13-14H2,1-3H3,(H,23,29)(H,24,28). The zero-order valence-corrected chi connectivity index (χ0v) is 18.1. The van der Waals surface area contributed by atoms with Gasteiger partial charge >= 0.3 is 0 Å². The number of carbonyl (C=O) groups is 2. The van der Waals surface area contributed by atoms with Gasteiger partial charge < -0.3 is 15.2 Å². The molecular formula is C22H25N5O2S. The quantitative estimate of drug-likeness (QED) is 0.538. The maximum Gasteiger partial charge on any atom is 0.234 e. The molecule has 7 nitrogen and oxygen atoms in total. The lowest BCUT2D eigenvalue weighted by Gasteiger charge is -2.09. The molecule has 0 fully saturated rings. The van der Waals surface area contributed by atoms with E-state index in [4.69, 9.17) is 0 Å². The van der Waals surface area contributed by atoms with Gasteiger partial charge in [-0.15, -0.1) is 10.2 Å². The van der Waals surface area contributed by atoms with Crippen molar-refractivity contribution in [1.29, 1.82) is 0 Å². The van der Waals surface area contributed by atoms with Crippen molar-refractivity contribution in [3.05, 3.63) is 65.5 Å². The number of aromatic nitrogens is 3. The summed E-state index contributed by atoms with van der Waals surface area (Å²) < 4.78 is 1.86. The van der Waals surface area contributed by atoms with Crippen LogP contribution in [0.15, 0.2) is 53.7 Å². The first-order valence-corrected chi connectivity index (χ1v) is 10.7. The number of hydrogen-bond acceptors (Lipinski definition) is 5. The summed E-state index contributed by atoms with van der Waals surface area (Å²) in [5, 5.41) is 14.7. The van der Waals surface area contributed by atoms with Gasteiger partial charge in [-0.3, -0.25) is 9.59 Å². The Morgan fingerprint density at radius 2 is 1.70 bits per heavy atom. The highest BCUT2D eigenvalue weighted by Crippen LogP contribution is 2.19. The fourth-order valence-electron chi connectivity index (χ4n) is 2.89. The van der Waals surface area contributed by atoms with Crippen molar-refractivity contribution in [2.75, 3.05) is 16.4 Å². The molecule has 0 radical (unpaired) electrons. The van der Waals surface area contributed by atoms with Crippen LogP contribution >= 0.6 is 11.8 Å². The fraction of sp³-hybridized carbons (Fsp3) is 0.273. The number of carbonyl (C=O) groups excluding carboxylic acids is 2. The number of rotatable bonds is 8. The highest BCUT2D eigenvalue weighted by Gasteiger charge is 2.16. The van der Waals surface area contributed by atoms with Crippen molar-refractivity contribution in [3.8, 4) is 0 Å². The minimum Gasteiger partial charge on any atom is -0.325 e. The molecule has 1 heterocycles. The Kier molecular flexibility index (Phi) is 7.24. The van der Waals surface area contributed by atoms with E-state index in [1.165, 1.54) is 11.8 Å². The van der Waals surface area contributed by atoms with E-state index >= 15 is 0 Å². The van der Waals surface area contributed by atoms with Gasteiger partial charge in [0.25, 0.3) is 0 Å². The van der Waals surface area contributed by atoms with Crippen LogP contribution in [0.25, 0.3) is 0 Å². The summed E-state index contributed by atoms with van der Waals surface area (Å²) in [6.45, 7) is 6.52. The molecule has 156 valence electrons. The summed E-state index contributed by atoms with van der Waals surface area (Å²) in [5.74, 6) is 0.514. The van der Waals surface area contributed by atoms with Gasteiger partial charge in [-0.25, -0.2) is 0 Å². The largest absolute Gasteiger partial charge is 0.325 e. The average molecular weight is 424 g/mol. The first kappa shape index (κ1) is 21.6. The molecule has 30 heavy (non-hydrogen) atoms. The summed E-state index contributed by atoms with van der Waals surface area (Å²) in [6, 6.07) is 15.3. The lowest BCUT2D eigenvalue weighted by atomic mass is 10.2. The maximum absolute atomic E-state index is 12.4. The summed E-state index contributed by atoms with van der Waals surface area (Å²) in [6.07, 6.45) is 0.116. The molecule has 0 unspecified atom stereocenters. The molecular weight excluding hydrogens is 398 g/mol. The Morgan fingerprint density at radius 3 is 2.40 bits per heavy atom. The van der Waals surface area contributed by atoms with Crippen molar-refractivity contribution in [2.24, 2.45) is 0 Å². The van der Waals surface area contributed by atoms with E-state index in [1.54, 1.807) is 0 Å². The van der Waals surface area contributed by atoms with Crippen LogP contribution in [0.3, 0.4) is 0 Å². The van der Waals surface area contributed by atoms with E-state index in [0.717, 1.165) is 22.5 Å². The molecule has 8 heteroatoms. The molecule has 3 aromatic rings. The molecule has 2 N–H and O–H groups in total. The predicted molar refractivity (Wildman–Crippen MR) is 120 cm³/mol. The number of thioether (sulfide) groups is 1. The number of hydrogen-bond donors (Lipinski definition) is 2. The number of aryl methyl sites for hydroxylation is 2. The van der Waals surface area contributed by atoms with Crippen molar-refractivity contribution in [2.45, 2.75) is 38.9 Å². The van der Waals surface area contributed by atoms with Gasteiger partial charge in [-0.05, 0) is 44.5 Å². The average Bonchev–Trinajstić information content (AvgIpc) is 3.11. The second kappa shape index (κ2) is 10.1. The van der Waals surface area contributed by atoms with Crippen molar-refractivity contribution >= 4 is 35.0 Å². The minimum atomic E-state index is -0.153. The van der Waals surface area contributed by atoms with Crippen LogP contribution in [-0.4, -0.2) is 32.3 Å². The first-order chi connectivity index (χ1) is 14.5. The third-order valence-electron chi connectivity index (χ3n) is 4.52. The maximum atomic E-state index is 12.4. The van der Waals surface area contributed by atoms with Crippen molar-refractivity contribution in [1.82, 2.24) is 14.8 Å². The summed E-state index contributed by atoms with van der Waals surface area (Å²) >= 11 is 1.30. The van der Waals surface area contributed by atoms with Gasteiger partial charge in [0.15, 0.2) is 5.16 Å². The SMILES string of the molecule is CCn1c(CC(=O)Nc2ccccc2C)nnc1SCC(=O)Nc1ccc(C)cc1. The third-order valence-corrected chi connectivity index (χ3v) is 5.48. The minimum absolute atomic E-state index is 0.116. The lowest BCUT2D eigenvalue weighted by molar-refractivity contribution is -0.116. The molecule has 0 atom stereocenters. The van der Waals surface area contributed by atoms with Crippen molar-refractivity contribution in [3.63, 3.8) is 0 Å². The van der Waals surface area contributed by atoms with Crippen molar-refractivity contribution < 1.29 is 9.59 Å². The zero-order valence-electron chi connectivity index (χ0n) is 17.3. The van der Waals surface area contributed by atoms with E-state index < -0.39 is 0 Å². The molecule has 2 amide bonds. The van der Waals surface area contributed by atoms with E-state index in [0.29, 0.717) is 17.5 Å². The number of anilines is 2. The summed E-state index contributed by atoms with van der Waals surface area (Å²) in [5.41, 5.74) is 3.68. The van der Waals surface area contributed by atoms with Gasteiger partial charge in [-0.1, -0.05) is 47.7 Å². The van der Waals surface area contributed by atoms with Crippen LogP contribution in [0.4, 0.5) is 11.4 Å². The molecule has 0 saturated carbocycles. The number of nitrogens with one attached hydrogen (secondary N) is 2. The number of para-hydroxylation sites is 1. The molecule has 2 aromatic carbocycles. The van der Waals surface area contributed by atoms with E-state index in [1.807, 2.05) is 73.9 Å². The molecule has 3 rings (SSSR count). The van der Waals surface area contributed by atoms with Gasteiger partial charge in [-0.2, -0.15) is 0 Å². The molecule has 0 saturated heterocycles. The Labute approximate surface area is 180 Å². The molecule has 0 aliphatic rings. The highest BCUT2D eigenvalue weighted by atomic mass is 32.2. The molecule has 0 aliphatic heterocycles. The summed E-state index contributed by atoms with van der Waals surface area (Å²) in [4.78, 5) is 24.7. The molecule has 1 aromatic heterocycles. The summed E-state index contributed by atoms with van der Waals surface area (Å²) in [7, 11) is 0. The van der Waals surface area contributed by atoms with Crippen LogP contribution in [0.2, 0.25) is 0 Å². The fourth-order valence-corrected chi connectivity index (χ4v) is 3.71. The molecule has 0 bridgehead atoms. The normalized spacial score (nSPS) is 10.6. The predicted octanol–water partition coefficient (Wildman–Crippen LogP) is 3.83. The second-order valence-electron chi connectivity index (χ2n) is 6.89. The van der Waals surface area contributed by atoms with E-state index in [9.17, 15) is 9.59 Å². The Morgan fingerprint density at radius 1 is 0.967 bits per heavy atom. The van der Waals surface area contributed by atoms with Gasteiger partial charge in [0, 0.05) is 17.9 Å². The second-order valence-corrected chi connectivity index (χ2v) is 7.83. The number of benzene rings is 2. The molecule has 0 spiro atoms. The Hall–Kier alpha value is -3.13. The monoisotopic (exact) mass is 423 g/mol. The first-order valence-electron chi connectivity index (χ1n) is 9.73. The van der Waals surface area contributed by atoms with Gasteiger partial charge in [0.1, 0.15) is 5.82 Å². The lowest BCUT2D eigenvalue weighted by Crippen LogP contribution is -2.18. The smallest absolute Gasteiger partial charge is 0.234 e. The highest BCUT2D eigenvalue weighted by molar-refractivity contribution is 7.99. The zero-order chi connectivity index (χ0) is 21.5. The van der Waals surface area contributed by atoms with Gasteiger partial charge in [0.05, 0.1) is 12.2 Å². The van der Waals surface area contributed by atoms with E-state index in [-0.39, 0.29) is 24.0 Å². The number of amides is 2. The van der Waals surface area contributed by atoms with Crippen LogP contribution in [-0.2, 0) is 22.6 Å². The van der Waals surface area contributed by atoms with Gasteiger partial charge in [0.2, 0.25) is 11.8 Å². The van der Waals surface area contributed by atoms with Crippen LogP contribution < -0.4 is 10.6 Å². The van der Waals surface area contributed by atoms with Crippen LogP contribution in [0, 0.1) is 13.8 Å². The third kappa shape index (κ3) is 5.70. The Balaban J connectivity index is 1.58. The van der Waals surface area contributed by atoms with E-state index in [2.05, 4.69) is 20.8 Å². The topological polar surface area (TPSA) is 88.9 Å². The van der Waals surface area contributed by atoms with Crippen LogP contribution in [0.1, 0.15) is 23.9 Å². The Bertz CT molecular complexity index is 1030.